The van der Waals surface area contributed by atoms with E-state index in [9.17, 15) is 8.42 Å². The van der Waals surface area contributed by atoms with Gasteiger partial charge in [-0.2, -0.15) is 8.42 Å². The average Bonchev–Trinajstić information content (AvgIpc) is 3.03. The molecule has 258 valence electrons. The van der Waals surface area contributed by atoms with Gasteiger partial charge in [-0.3, -0.25) is 4.18 Å². The fourth-order valence-electron chi connectivity index (χ4n) is 3.37. The Balaban J connectivity index is 1.67. The van der Waals surface area contributed by atoms with Gasteiger partial charge in [0.15, 0.2) is 0 Å². The van der Waals surface area contributed by atoms with Crippen LogP contribution in [-0.2, 0) is 56.9 Å². The fraction of sp³-hybridized carbons (Fsp3) is 0.800. The number of alkyl halides is 1. The van der Waals surface area contributed by atoms with Crippen molar-refractivity contribution in [3.63, 3.8) is 0 Å². The number of ether oxygens (including phenoxy) is 9. The molecule has 0 atom stereocenters. The summed E-state index contributed by atoms with van der Waals surface area (Å²) >= 11 is 5.65. The quantitative estimate of drug-likeness (QED) is 0.0596. The lowest BCUT2D eigenvalue weighted by molar-refractivity contribution is -0.0254. The first-order valence-corrected chi connectivity index (χ1v) is 17.3. The van der Waals surface area contributed by atoms with Crippen LogP contribution in [0.15, 0.2) is 35.2 Å². The lowest BCUT2D eigenvalue weighted by Crippen LogP contribution is -2.15. The SMILES string of the molecule is O=S(=O)(OCCOCCOCCOCCOCCOCCOCCOCCOCCOCCCCCCCl)c1ccccc1. The van der Waals surface area contributed by atoms with Gasteiger partial charge in [0.05, 0.1) is 124 Å². The third-order valence-corrected chi connectivity index (χ3v) is 7.24. The van der Waals surface area contributed by atoms with E-state index in [1.54, 1.807) is 18.2 Å². The summed E-state index contributed by atoms with van der Waals surface area (Å²) in [5.74, 6) is 0.738. The molecule has 0 bridgehead atoms. The molecule has 0 saturated carbocycles. The van der Waals surface area contributed by atoms with Gasteiger partial charge in [-0.05, 0) is 25.0 Å². The molecule has 1 aromatic carbocycles. The Morgan fingerprint density at radius 3 is 1.09 bits per heavy atom. The molecule has 0 radical (unpaired) electrons. The Morgan fingerprint density at radius 2 is 0.727 bits per heavy atom. The zero-order chi connectivity index (χ0) is 31.7. The number of benzene rings is 1. The lowest BCUT2D eigenvalue weighted by Gasteiger charge is -2.09. The summed E-state index contributed by atoms with van der Waals surface area (Å²) in [5.41, 5.74) is 0. The minimum absolute atomic E-state index is 0.0555. The van der Waals surface area contributed by atoms with Crippen LogP contribution in [0.1, 0.15) is 25.7 Å². The van der Waals surface area contributed by atoms with Crippen molar-refractivity contribution < 1.29 is 55.2 Å². The highest BCUT2D eigenvalue weighted by atomic mass is 35.5. The maximum absolute atomic E-state index is 12.0. The van der Waals surface area contributed by atoms with Crippen LogP contribution < -0.4 is 0 Å². The molecule has 0 saturated heterocycles. The summed E-state index contributed by atoms with van der Waals surface area (Å²) < 4.78 is 77.8. The van der Waals surface area contributed by atoms with Gasteiger partial charge in [-0.15, -0.1) is 11.6 Å². The van der Waals surface area contributed by atoms with Crippen molar-refractivity contribution in [2.75, 3.05) is 131 Å². The van der Waals surface area contributed by atoms with Crippen LogP contribution in [0.2, 0.25) is 0 Å². The fourth-order valence-corrected chi connectivity index (χ4v) is 4.47. The van der Waals surface area contributed by atoms with Gasteiger partial charge in [0.2, 0.25) is 0 Å². The maximum Gasteiger partial charge on any atom is 0.297 e. The van der Waals surface area contributed by atoms with Crippen molar-refractivity contribution in [3.05, 3.63) is 30.3 Å². The van der Waals surface area contributed by atoms with Crippen molar-refractivity contribution >= 4 is 21.7 Å². The van der Waals surface area contributed by atoms with Gasteiger partial charge in [0.25, 0.3) is 10.1 Å². The van der Waals surface area contributed by atoms with E-state index < -0.39 is 10.1 Å². The molecule has 0 unspecified atom stereocenters. The molecule has 1 rings (SSSR count). The van der Waals surface area contributed by atoms with Crippen LogP contribution in [0.5, 0.6) is 0 Å². The highest BCUT2D eigenvalue weighted by Crippen LogP contribution is 2.10. The van der Waals surface area contributed by atoms with Gasteiger partial charge >= 0.3 is 0 Å². The van der Waals surface area contributed by atoms with E-state index in [-0.39, 0.29) is 18.1 Å². The summed E-state index contributed by atoms with van der Waals surface area (Å²) in [6.07, 6.45) is 4.47. The van der Waals surface area contributed by atoms with E-state index >= 15 is 0 Å². The predicted octanol–water partition coefficient (Wildman–Crippen LogP) is 3.34. The molecular formula is C30H53ClO12S. The van der Waals surface area contributed by atoms with Crippen LogP contribution in [0.4, 0.5) is 0 Å². The number of halogens is 1. The second kappa shape index (κ2) is 32.0. The molecule has 0 amide bonds. The van der Waals surface area contributed by atoms with E-state index in [1.165, 1.54) is 12.1 Å². The summed E-state index contributed by atoms with van der Waals surface area (Å²) in [7, 11) is -3.75. The van der Waals surface area contributed by atoms with Crippen LogP contribution in [0, 0.1) is 0 Å². The molecule has 0 N–H and O–H groups in total. The number of rotatable bonds is 35. The van der Waals surface area contributed by atoms with Crippen molar-refractivity contribution in [3.8, 4) is 0 Å². The topological polar surface area (TPSA) is 126 Å². The highest BCUT2D eigenvalue weighted by molar-refractivity contribution is 7.86. The summed E-state index contributed by atoms with van der Waals surface area (Å²) in [6, 6.07) is 7.98. The normalized spacial score (nSPS) is 11.8. The number of unbranched alkanes of at least 4 members (excludes halogenated alkanes) is 3. The lowest BCUT2D eigenvalue weighted by atomic mass is 10.2. The van der Waals surface area contributed by atoms with Gasteiger partial charge < -0.3 is 42.6 Å². The van der Waals surface area contributed by atoms with Crippen molar-refractivity contribution in [1.29, 1.82) is 0 Å². The van der Waals surface area contributed by atoms with Gasteiger partial charge in [-0.1, -0.05) is 31.0 Å². The van der Waals surface area contributed by atoms with E-state index in [4.69, 9.17) is 58.4 Å². The second-order valence-electron chi connectivity index (χ2n) is 9.20. The minimum Gasteiger partial charge on any atom is -0.379 e. The first-order chi connectivity index (χ1) is 21.7. The van der Waals surface area contributed by atoms with Gasteiger partial charge in [0, 0.05) is 12.5 Å². The van der Waals surface area contributed by atoms with Crippen molar-refractivity contribution in [2.24, 2.45) is 0 Å². The van der Waals surface area contributed by atoms with Crippen molar-refractivity contribution in [2.45, 2.75) is 30.6 Å². The van der Waals surface area contributed by atoms with E-state index in [1.807, 2.05) is 0 Å². The number of hydrogen-bond acceptors (Lipinski definition) is 12. The van der Waals surface area contributed by atoms with E-state index in [0.717, 1.165) is 38.2 Å². The van der Waals surface area contributed by atoms with Gasteiger partial charge in [-0.25, -0.2) is 0 Å². The third kappa shape index (κ3) is 27.4. The standard InChI is InChI=1S/C30H53ClO12S/c31-10-6-1-2-7-11-34-12-13-35-14-15-36-16-17-37-18-19-38-20-21-39-22-23-40-24-25-41-26-27-42-28-29-43-44(32,33)30-8-4-3-5-9-30/h3-5,8-9H,1-2,6-7,10-29H2. The number of hydrogen-bond donors (Lipinski definition) is 0. The largest absolute Gasteiger partial charge is 0.379 e. The molecule has 44 heavy (non-hydrogen) atoms. The van der Waals surface area contributed by atoms with Crippen LogP contribution in [0.25, 0.3) is 0 Å². The molecule has 0 aliphatic carbocycles. The Hall–Kier alpha value is -0.940. The van der Waals surface area contributed by atoms with Gasteiger partial charge in [0.1, 0.15) is 0 Å². The van der Waals surface area contributed by atoms with Crippen LogP contribution in [0.3, 0.4) is 0 Å². The van der Waals surface area contributed by atoms with Crippen LogP contribution in [-0.4, -0.2) is 140 Å². The predicted molar refractivity (Wildman–Crippen MR) is 166 cm³/mol. The average molecular weight is 673 g/mol. The van der Waals surface area contributed by atoms with E-state index in [0.29, 0.717) is 106 Å². The highest BCUT2D eigenvalue weighted by Gasteiger charge is 2.13. The second-order valence-corrected chi connectivity index (χ2v) is 11.2. The molecule has 0 aliphatic rings. The molecule has 12 nitrogen and oxygen atoms in total. The molecule has 0 fully saturated rings. The zero-order valence-electron chi connectivity index (χ0n) is 26.0. The molecule has 14 heteroatoms. The smallest absolute Gasteiger partial charge is 0.297 e. The zero-order valence-corrected chi connectivity index (χ0v) is 27.6. The van der Waals surface area contributed by atoms with Crippen LogP contribution >= 0.6 is 11.6 Å². The molecule has 0 aromatic heterocycles. The summed E-state index contributed by atoms with van der Waals surface area (Å²) in [6.45, 7) is 8.65. The monoisotopic (exact) mass is 672 g/mol. The Morgan fingerprint density at radius 1 is 0.409 bits per heavy atom. The Kier molecular flexibility index (Phi) is 29.9. The Bertz CT molecular complexity index is 820. The maximum atomic E-state index is 12.0. The Labute approximate surface area is 268 Å². The van der Waals surface area contributed by atoms with E-state index in [2.05, 4.69) is 0 Å². The minimum atomic E-state index is -3.75. The summed E-state index contributed by atoms with van der Waals surface area (Å²) in [5, 5.41) is 0. The molecule has 1 aromatic rings. The first-order valence-electron chi connectivity index (χ1n) is 15.4. The molecular weight excluding hydrogens is 620 g/mol. The summed E-state index contributed by atoms with van der Waals surface area (Å²) in [4.78, 5) is 0.122. The molecule has 0 heterocycles. The first kappa shape index (κ1) is 41.1. The molecule has 0 aliphatic heterocycles. The molecule has 0 spiro atoms. The van der Waals surface area contributed by atoms with Crippen molar-refractivity contribution in [1.82, 2.24) is 0 Å². The third-order valence-electron chi connectivity index (χ3n) is 5.65.